The maximum atomic E-state index is 13.1. The minimum atomic E-state index is -4.96. The van der Waals surface area contributed by atoms with Gasteiger partial charge in [-0.3, -0.25) is 37.3 Å². The van der Waals surface area contributed by atoms with E-state index in [0.29, 0.717) is 25.7 Å². The van der Waals surface area contributed by atoms with Crippen molar-refractivity contribution in [2.75, 3.05) is 39.6 Å². The third-order valence-corrected chi connectivity index (χ3v) is 21.2. The van der Waals surface area contributed by atoms with E-state index >= 15 is 0 Å². The van der Waals surface area contributed by atoms with Gasteiger partial charge in [0.2, 0.25) is 0 Å². The average Bonchev–Trinajstić information content (AvgIpc) is 0.953. The minimum absolute atomic E-state index is 0.109. The molecule has 600 valence electrons. The highest BCUT2D eigenvalue weighted by Gasteiger charge is 2.30. The Morgan fingerprint density at radius 3 is 0.673 bits per heavy atom. The van der Waals surface area contributed by atoms with Crippen LogP contribution in [0.25, 0.3) is 0 Å². The van der Waals surface area contributed by atoms with Crippen LogP contribution in [0.1, 0.15) is 439 Å². The van der Waals surface area contributed by atoms with Gasteiger partial charge in [0.05, 0.1) is 26.4 Å². The summed E-state index contributed by atoms with van der Waals surface area (Å²) in [5, 5.41) is 10.7. The molecule has 0 heterocycles. The summed E-state index contributed by atoms with van der Waals surface area (Å²) in [6, 6.07) is 0. The zero-order valence-electron chi connectivity index (χ0n) is 66.1. The quantitative estimate of drug-likeness (QED) is 0.0222. The van der Waals surface area contributed by atoms with Crippen LogP contribution in [0.4, 0.5) is 0 Å². The molecule has 0 aliphatic rings. The molecule has 0 aromatic heterocycles. The van der Waals surface area contributed by atoms with Crippen LogP contribution in [0.2, 0.25) is 0 Å². The second-order valence-electron chi connectivity index (χ2n) is 30.0. The normalized spacial score (nSPS) is 13.8. The van der Waals surface area contributed by atoms with Crippen molar-refractivity contribution in [3.8, 4) is 0 Å². The monoisotopic (exact) mass is 1480 g/mol. The van der Waals surface area contributed by atoms with Crippen molar-refractivity contribution in [1.29, 1.82) is 0 Å². The Balaban J connectivity index is 5.26. The summed E-state index contributed by atoms with van der Waals surface area (Å²) >= 11 is 0. The fourth-order valence-electron chi connectivity index (χ4n) is 12.8. The largest absolute Gasteiger partial charge is 0.472 e. The predicted molar refractivity (Wildman–Crippen MR) is 414 cm³/mol. The van der Waals surface area contributed by atoms with Crippen molar-refractivity contribution in [3.63, 3.8) is 0 Å². The Morgan fingerprint density at radius 2 is 0.455 bits per heavy atom. The number of hydrogen-bond donors (Lipinski definition) is 3. The number of unbranched alkanes of at least 4 members (excludes halogenated alkanes) is 54. The first kappa shape index (κ1) is 99.1. The highest BCUT2D eigenvalue weighted by atomic mass is 31.2. The summed E-state index contributed by atoms with van der Waals surface area (Å²) in [5.74, 6) is -1.31. The van der Waals surface area contributed by atoms with Gasteiger partial charge in [-0.05, 0) is 31.6 Å². The molecule has 0 aromatic rings. The highest BCUT2D eigenvalue weighted by molar-refractivity contribution is 7.47. The van der Waals surface area contributed by atoms with Crippen LogP contribution in [0.15, 0.2) is 0 Å². The number of hydrogen-bond acceptors (Lipinski definition) is 15. The lowest BCUT2D eigenvalue weighted by Crippen LogP contribution is -2.30. The van der Waals surface area contributed by atoms with Crippen molar-refractivity contribution < 1.29 is 80.2 Å². The standard InChI is InChI=1S/C82H160O17P2/c1-6-9-12-15-18-21-24-27-29-31-36-41-46-51-56-61-66-80(85)93-72-78(99-82(87)68-63-58-53-48-43-38-34-33-35-39-44-49-54-59-64-75(4)5)74-97-101(90,91)95-70-76(83)69-94-100(88,89)96-73-77(71-92-79(84)65-60-55-50-45-40-26-23-20-17-14-11-8-3)98-81(86)67-62-57-52-47-42-37-32-30-28-25-22-19-16-13-10-7-2/h75-78,83H,6-74H2,1-5H3,(H,88,89)(H,90,91)/t76-,77+,78+/m0/s1. The van der Waals surface area contributed by atoms with E-state index in [1.807, 2.05) is 0 Å². The van der Waals surface area contributed by atoms with Crippen LogP contribution in [-0.2, 0) is 65.4 Å². The molecule has 0 amide bonds. The van der Waals surface area contributed by atoms with Crippen molar-refractivity contribution in [1.82, 2.24) is 0 Å². The second-order valence-corrected chi connectivity index (χ2v) is 32.9. The van der Waals surface area contributed by atoms with Gasteiger partial charge in [0.25, 0.3) is 0 Å². The molecule has 19 heteroatoms. The number of rotatable bonds is 82. The minimum Gasteiger partial charge on any atom is -0.462 e. The van der Waals surface area contributed by atoms with Gasteiger partial charge in [0.15, 0.2) is 12.2 Å². The lowest BCUT2D eigenvalue weighted by molar-refractivity contribution is -0.161. The van der Waals surface area contributed by atoms with E-state index in [2.05, 4.69) is 34.6 Å². The summed E-state index contributed by atoms with van der Waals surface area (Å²) in [6.45, 7) is 7.37. The molecule has 5 atom stereocenters. The zero-order valence-corrected chi connectivity index (χ0v) is 67.8. The lowest BCUT2D eigenvalue weighted by Gasteiger charge is -2.21. The third-order valence-electron chi connectivity index (χ3n) is 19.3. The molecule has 0 aliphatic heterocycles. The van der Waals surface area contributed by atoms with Crippen LogP contribution < -0.4 is 0 Å². The fourth-order valence-corrected chi connectivity index (χ4v) is 14.3. The molecule has 17 nitrogen and oxygen atoms in total. The number of ether oxygens (including phenoxy) is 4. The molecular weight excluding hydrogens is 1320 g/mol. The lowest BCUT2D eigenvalue weighted by atomic mass is 10.0. The van der Waals surface area contributed by atoms with Crippen molar-refractivity contribution in [3.05, 3.63) is 0 Å². The van der Waals surface area contributed by atoms with Gasteiger partial charge in [-0.2, -0.15) is 0 Å². The van der Waals surface area contributed by atoms with Crippen LogP contribution in [0.5, 0.6) is 0 Å². The average molecular weight is 1480 g/mol. The van der Waals surface area contributed by atoms with Crippen molar-refractivity contribution in [2.45, 2.75) is 457 Å². The maximum absolute atomic E-state index is 13.1. The van der Waals surface area contributed by atoms with Gasteiger partial charge in [0, 0.05) is 25.7 Å². The smallest absolute Gasteiger partial charge is 0.462 e. The summed E-state index contributed by atoms with van der Waals surface area (Å²) < 4.78 is 68.8. The number of carbonyl (C=O) groups is 4. The summed E-state index contributed by atoms with van der Waals surface area (Å²) in [4.78, 5) is 73.1. The van der Waals surface area contributed by atoms with Crippen molar-refractivity contribution >= 4 is 39.5 Å². The van der Waals surface area contributed by atoms with Crippen LogP contribution in [0, 0.1) is 5.92 Å². The molecule has 0 saturated carbocycles. The van der Waals surface area contributed by atoms with Gasteiger partial charge < -0.3 is 33.8 Å². The van der Waals surface area contributed by atoms with Gasteiger partial charge >= 0.3 is 39.5 Å². The molecule has 0 bridgehead atoms. The Kier molecular flexibility index (Phi) is 73.5. The molecule has 0 aromatic carbocycles. The number of phosphoric acid groups is 2. The Bertz CT molecular complexity index is 1930. The number of carbonyl (C=O) groups excluding carboxylic acids is 4. The Labute approximate surface area is 619 Å². The molecule has 101 heavy (non-hydrogen) atoms. The first-order valence-corrected chi connectivity index (χ1v) is 45.6. The first-order valence-electron chi connectivity index (χ1n) is 42.6. The van der Waals surface area contributed by atoms with E-state index < -0.39 is 97.5 Å². The van der Waals surface area contributed by atoms with E-state index in [1.54, 1.807) is 0 Å². The molecule has 0 rings (SSSR count). The van der Waals surface area contributed by atoms with E-state index in [9.17, 15) is 43.2 Å². The maximum Gasteiger partial charge on any atom is 0.472 e. The van der Waals surface area contributed by atoms with Gasteiger partial charge in [-0.1, -0.05) is 388 Å². The number of aliphatic hydroxyl groups excluding tert-OH is 1. The van der Waals surface area contributed by atoms with E-state index in [4.69, 9.17) is 37.0 Å². The number of aliphatic hydroxyl groups is 1. The van der Waals surface area contributed by atoms with Gasteiger partial charge in [-0.15, -0.1) is 0 Å². The topological polar surface area (TPSA) is 237 Å². The molecule has 0 saturated heterocycles. The Hall–Kier alpha value is -1.94. The number of esters is 4. The Morgan fingerprint density at radius 1 is 0.267 bits per heavy atom. The van der Waals surface area contributed by atoms with Crippen LogP contribution in [-0.4, -0.2) is 96.7 Å². The van der Waals surface area contributed by atoms with E-state index in [1.165, 1.54) is 263 Å². The van der Waals surface area contributed by atoms with Gasteiger partial charge in [0.1, 0.15) is 19.3 Å². The molecule has 0 aliphatic carbocycles. The molecule has 2 unspecified atom stereocenters. The summed E-state index contributed by atoms with van der Waals surface area (Å²) in [6.07, 6.45) is 66.4. The zero-order chi connectivity index (χ0) is 74.1. The molecule has 0 radical (unpaired) electrons. The third kappa shape index (κ3) is 76.1. The summed E-state index contributed by atoms with van der Waals surface area (Å²) in [5.41, 5.74) is 0. The second kappa shape index (κ2) is 74.9. The summed E-state index contributed by atoms with van der Waals surface area (Å²) in [7, 11) is -9.92. The number of phosphoric ester groups is 2. The van der Waals surface area contributed by atoms with Gasteiger partial charge in [-0.25, -0.2) is 9.13 Å². The first-order chi connectivity index (χ1) is 49.0. The van der Waals surface area contributed by atoms with E-state index in [-0.39, 0.29) is 25.7 Å². The van der Waals surface area contributed by atoms with Crippen LogP contribution >= 0.6 is 15.6 Å². The molecule has 0 spiro atoms. The predicted octanol–water partition coefficient (Wildman–Crippen LogP) is 24.8. The molecule has 3 N–H and O–H groups in total. The SMILES string of the molecule is CCCCCCCCCCCCCCCCCCC(=O)OC[C@H](COP(=O)(O)OC[C@@H](O)COP(=O)(O)OC[C@@H](COC(=O)CCCCCCCCCCCCCC)OC(=O)CCCCCCCCCCCCCCCCCC)OC(=O)CCCCCCCCCCCCCCCCC(C)C. The van der Waals surface area contributed by atoms with E-state index in [0.717, 1.165) is 95.8 Å². The molecular formula is C82H160O17P2. The van der Waals surface area contributed by atoms with Crippen LogP contribution in [0.3, 0.4) is 0 Å². The highest BCUT2D eigenvalue weighted by Crippen LogP contribution is 2.45. The van der Waals surface area contributed by atoms with Crippen molar-refractivity contribution in [2.24, 2.45) is 5.92 Å². The molecule has 0 fully saturated rings. The fraction of sp³-hybridized carbons (Fsp3) is 0.951.